The fourth-order valence-corrected chi connectivity index (χ4v) is 7.60. The summed E-state index contributed by atoms with van der Waals surface area (Å²) in [5.74, 6) is 0. The van der Waals surface area contributed by atoms with Crippen molar-refractivity contribution >= 4 is 84.7 Å². The standard InChI is InChI=1S/C20H10Br2S3/c21-13-5-1-11(2-6-13)15-9-23-19-17(15)25-18-16(10-24-20(18)19)12-3-7-14(22)8-4-12/h1-10H. The van der Waals surface area contributed by atoms with Gasteiger partial charge in [0.05, 0.1) is 18.8 Å². The van der Waals surface area contributed by atoms with Gasteiger partial charge in [-0.2, -0.15) is 0 Å². The molecule has 3 aromatic heterocycles. The van der Waals surface area contributed by atoms with Gasteiger partial charge in [0.2, 0.25) is 0 Å². The summed E-state index contributed by atoms with van der Waals surface area (Å²) in [7, 11) is 0. The smallest absolute Gasteiger partial charge is 0.0636 e. The van der Waals surface area contributed by atoms with Gasteiger partial charge in [0.15, 0.2) is 0 Å². The zero-order chi connectivity index (χ0) is 17.0. The zero-order valence-electron chi connectivity index (χ0n) is 12.8. The van der Waals surface area contributed by atoms with Gasteiger partial charge in [0.1, 0.15) is 0 Å². The van der Waals surface area contributed by atoms with Gasteiger partial charge in [0.25, 0.3) is 0 Å². The second-order valence-electron chi connectivity index (χ2n) is 5.73. The molecule has 0 radical (unpaired) electrons. The molecule has 5 rings (SSSR count). The van der Waals surface area contributed by atoms with Crippen LogP contribution in [0, 0.1) is 0 Å². The minimum absolute atomic E-state index is 1.12. The van der Waals surface area contributed by atoms with Gasteiger partial charge < -0.3 is 0 Å². The largest absolute Gasteiger partial charge is 0.141 e. The second-order valence-corrected chi connectivity index (χ2v) is 10.3. The molecule has 5 aromatic rings. The first kappa shape index (κ1) is 16.2. The SMILES string of the molecule is Brc1ccc(-c2csc3c2sc2c(-c4ccc(Br)cc4)csc23)cc1. The Hall–Kier alpha value is -0.980. The summed E-state index contributed by atoms with van der Waals surface area (Å²) in [5.41, 5.74) is 5.27. The number of hydrogen-bond acceptors (Lipinski definition) is 3. The van der Waals surface area contributed by atoms with E-state index in [4.69, 9.17) is 0 Å². The monoisotopic (exact) mass is 504 g/mol. The number of hydrogen-bond donors (Lipinski definition) is 0. The van der Waals surface area contributed by atoms with Crippen molar-refractivity contribution in [2.75, 3.05) is 0 Å². The van der Waals surface area contributed by atoms with Crippen LogP contribution in [0.2, 0.25) is 0 Å². The Kier molecular flexibility index (Phi) is 4.10. The van der Waals surface area contributed by atoms with Gasteiger partial charge in [0, 0.05) is 30.8 Å². The summed E-state index contributed by atoms with van der Waals surface area (Å²) in [5, 5.41) is 4.59. The van der Waals surface area contributed by atoms with Gasteiger partial charge in [-0.25, -0.2) is 0 Å². The molecule has 25 heavy (non-hydrogen) atoms. The molecule has 0 saturated heterocycles. The summed E-state index contributed by atoms with van der Waals surface area (Å²) in [6.45, 7) is 0. The van der Waals surface area contributed by atoms with E-state index in [-0.39, 0.29) is 0 Å². The highest BCUT2D eigenvalue weighted by Crippen LogP contribution is 2.49. The lowest BCUT2D eigenvalue weighted by molar-refractivity contribution is 1.64. The number of fused-ring (bicyclic) bond motifs is 3. The van der Waals surface area contributed by atoms with E-state index >= 15 is 0 Å². The lowest BCUT2D eigenvalue weighted by atomic mass is 10.1. The van der Waals surface area contributed by atoms with E-state index in [0.717, 1.165) is 8.95 Å². The molecular weight excluding hydrogens is 496 g/mol. The third kappa shape index (κ3) is 2.73. The summed E-state index contributed by atoms with van der Waals surface area (Å²) in [6, 6.07) is 17.2. The van der Waals surface area contributed by atoms with Gasteiger partial charge in [-0.15, -0.1) is 34.0 Å². The molecule has 2 aromatic carbocycles. The maximum absolute atomic E-state index is 3.52. The fourth-order valence-electron chi connectivity index (χ4n) is 2.97. The third-order valence-corrected chi connectivity index (χ3v) is 8.91. The molecule has 0 atom stereocenters. The van der Waals surface area contributed by atoms with Crippen LogP contribution in [0.3, 0.4) is 0 Å². The van der Waals surface area contributed by atoms with Crippen molar-refractivity contribution in [3.05, 3.63) is 68.2 Å². The Labute approximate surface area is 174 Å². The summed E-state index contributed by atoms with van der Waals surface area (Å²) >= 11 is 12.7. The molecule has 0 fully saturated rings. The van der Waals surface area contributed by atoms with Crippen LogP contribution in [0.25, 0.3) is 41.1 Å². The zero-order valence-corrected chi connectivity index (χ0v) is 18.4. The second kappa shape index (κ2) is 6.32. The van der Waals surface area contributed by atoms with Crippen LogP contribution in [0.15, 0.2) is 68.2 Å². The quantitative estimate of drug-likeness (QED) is 0.224. The minimum atomic E-state index is 1.12. The maximum atomic E-state index is 3.52. The molecule has 0 bridgehead atoms. The number of rotatable bonds is 2. The highest BCUT2D eigenvalue weighted by Gasteiger charge is 2.17. The van der Waals surface area contributed by atoms with Crippen LogP contribution < -0.4 is 0 Å². The molecule has 0 N–H and O–H groups in total. The number of thiophene rings is 3. The highest BCUT2D eigenvalue weighted by atomic mass is 79.9. The van der Waals surface area contributed by atoms with E-state index in [1.807, 2.05) is 34.0 Å². The van der Waals surface area contributed by atoms with E-state index < -0.39 is 0 Å². The van der Waals surface area contributed by atoms with Crippen molar-refractivity contribution in [1.82, 2.24) is 0 Å². The molecule has 0 saturated carbocycles. The van der Waals surface area contributed by atoms with E-state index in [1.54, 1.807) is 0 Å². The molecule has 5 heteroatoms. The molecule has 0 spiro atoms. The fraction of sp³-hybridized carbons (Fsp3) is 0. The van der Waals surface area contributed by atoms with Gasteiger partial charge in [-0.1, -0.05) is 56.1 Å². The van der Waals surface area contributed by atoms with Crippen molar-refractivity contribution in [3.63, 3.8) is 0 Å². The van der Waals surface area contributed by atoms with Crippen LogP contribution in [-0.2, 0) is 0 Å². The minimum Gasteiger partial charge on any atom is -0.141 e. The molecule has 0 nitrogen and oxygen atoms in total. The Morgan fingerprint density at radius 2 is 0.920 bits per heavy atom. The summed E-state index contributed by atoms with van der Waals surface area (Å²) in [6.07, 6.45) is 0. The molecule has 0 aliphatic heterocycles. The van der Waals surface area contributed by atoms with Crippen LogP contribution in [-0.4, -0.2) is 0 Å². The molecule has 0 aliphatic carbocycles. The van der Waals surface area contributed by atoms with Crippen LogP contribution >= 0.6 is 65.9 Å². The maximum Gasteiger partial charge on any atom is 0.0636 e. The van der Waals surface area contributed by atoms with Crippen molar-refractivity contribution < 1.29 is 0 Å². The predicted octanol–water partition coefficient (Wildman–Crippen LogP) is 9.04. The molecule has 0 unspecified atom stereocenters. The topological polar surface area (TPSA) is 0 Å². The van der Waals surface area contributed by atoms with Gasteiger partial charge in [-0.05, 0) is 35.4 Å². The molecule has 0 aliphatic rings. The molecule has 3 heterocycles. The van der Waals surface area contributed by atoms with Crippen molar-refractivity contribution in [3.8, 4) is 22.3 Å². The molecule has 0 amide bonds. The normalized spacial score (nSPS) is 11.6. The predicted molar refractivity (Wildman–Crippen MR) is 121 cm³/mol. The van der Waals surface area contributed by atoms with Crippen molar-refractivity contribution in [2.24, 2.45) is 0 Å². The average molecular weight is 506 g/mol. The number of halogens is 2. The summed E-state index contributed by atoms with van der Waals surface area (Å²) < 4.78 is 7.90. The Balaban J connectivity index is 1.71. The van der Waals surface area contributed by atoms with Crippen molar-refractivity contribution in [1.29, 1.82) is 0 Å². The van der Waals surface area contributed by atoms with E-state index in [2.05, 4.69) is 91.2 Å². The average Bonchev–Trinajstić information content (AvgIpc) is 3.28. The van der Waals surface area contributed by atoms with Gasteiger partial charge in [-0.3, -0.25) is 0 Å². The Morgan fingerprint density at radius 3 is 1.32 bits per heavy atom. The first-order valence-electron chi connectivity index (χ1n) is 7.64. The van der Waals surface area contributed by atoms with E-state index in [1.165, 1.54) is 41.1 Å². The lowest BCUT2D eigenvalue weighted by Gasteiger charge is -1.99. The molecule has 122 valence electrons. The third-order valence-electron chi connectivity index (χ3n) is 4.21. The summed E-state index contributed by atoms with van der Waals surface area (Å²) in [4.78, 5) is 0. The van der Waals surface area contributed by atoms with Crippen molar-refractivity contribution in [2.45, 2.75) is 0 Å². The Bertz CT molecular complexity index is 1100. The lowest BCUT2D eigenvalue weighted by Crippen LogP contribution is -1.73. The first-order chi connectivity index (χ1) is 12.2. The van der Waals surface area contributed by atoms with Gasteiger partial charge >= 0.3 is 0 Å². The first-order valence-corrected chi connectivity index (χ1v) is 11.8. The highest BCUT2D eigenvalue weighted by molar-refractivity contribution is 9.10. The molecular formula is C20H10Br2S3. The van der Waals surface area contributed by atoms with Crippen LogP contribution in [0.5, 0.6) is 0 Å². The van der Waals surface area contributed by atoms with E-state index in [9.17, 15) is 0 Å². The van der Waals surface area contributed by atoms with Crippen LogP contribution in [0.1, 0.15) is 0 Å². The van der Waals surface area contributed by atoms with Crippen LogP contribution in [0.4, 0.5) is 0 Å². The van der Waals surface area contributed by atoms with E-state index in [0.29, 0.717) is 0 Å². The number of benzene rings is 2. The Morgan fingerprint density at radius 1 is 0.520 bits per heavy atom.